The molecule has 0 heterocycles. The van der Waals surface area contributed by atoms with Crippen molar-refractivity contribution in [3.8, 4) is 0 Å². The third-order valence-electron chi connectivity index (χ3n) is 3.42. The van der Waals surface area contributed by atoms with Gasteiger partial charge in [-0.05, 0) is 24.7 Å². The maximum Gasteiger partial charge on any atom is 0.0623 e. The van der Waals surface area contributed by atoms with Crippen LogP contribution in [-0.4, -0.2) is 22.9 Å². The van der Waals surface area contributed by atoms with Crippen LogP contribution in [0.15, 0.2) is 0 Å². The predicted octanol–water partition coefficient (Wildman–Crippen LogP) is 0.386. The van der Waals surface area contributed by atoms with E-state index in [4.69, 9.17) is 5.11 Å². The standard InChI is InChI=1S/C8H14O2/c1-5-2-7(10)8(4-9)3-6(5)8/h5-7,9-10H,2-4H2,1H3/t5-,6+,7+,8+/m0/s1. The van der Waals surface area contributed by atoms with Gasteiger partial charge in [0.15, 0.2) is 0 Å². The van der Waals surface area contributed by atoms with Gasteiger partial charge >= 0.3 is 0 Å². The molecule has 4 atom stereocenters. The lowest BCUT2D eigenvalue weighted by Crippen LogP contribution is -2.22. The van der Waals surface area contributed by atoms with Crippen molar-refractivity contribution in [1.82, 2.24) is 0 Å². The highest BCUT2D eigenvalue weighted by atomic mass is 16.3. The fourth-order valence-electron chi connectivity index (χ4n) is 2.54. The van der Waals surface area contributed by atoms with Crippen LogP contribution in [0, 0.1) is 17.3 Å². The third kappa shape index (κ3) is 0.565. The second-order valence-corrected chi connectivity index (χ2v) is 3.93. The molecular weight excluding hydrogens is 128 g/mol. The average Bonchev–Trinajstić information content (AvgIpc) is 2.57. The first kappa shape index (κ1) is 6.62. The molecule has 0 saturated heterocycles. The molecule has 0 unspecified atom stereocenters. The second kappa shape index (κ2) is 1.74. The Kier molecular flexibility index (Phi) is 1.15. The number of hydrogen-bond acceptors (Lipinski definition) is 2. The van der Waals surface area contributed by atoms with Crippen molar-refractivity contribution in [3.63, 3.8) is 0 Å². The average molecular weight is 142 g/mol. The smallest absolute Gasteiger partial charge is 0.0623 e. The fourth-order valence-corrected chi connectivity index (χ4v) is 2.54. The van der Waals surface area contributed by atoms with Crippen LogP contribution >= 0.6 is 0 Å². The molecule has 2 saturated carbocycles. The van der Waals surface area contributed by atoms with Gasteiger partial charge in [0.2, 0.25) is 0 Å². The summed E-state index contributed by atoms with van der Waals surface area (Å²) in [7, 11) is 0. The summed E-state index contributed by atoms with van der Waals surface area (Å²) in [5.41, 5.74) is -0.0561. The van der Waals surface area contributed by atoms with E-state index in [9.17, 15) is 5.11 Å². The first-order valence-electron chi connectivity index (χ1n) is 3.99. The van der Waals surface area contributed by atoms with Crippen molar-refractivity contribution in [2.75, 3.05) is 6.61 Å². The van der Waals surface area contributed by atoms with Gasteiger partial charge in [0.1, 0.15) is 0 Å². The first-order valence-corrected chi connectivity index (χ1v) is 3.99. The summed E-state index contributed by atoms with van der Waals surface area (Å²) in [4.78, 5) is 0. The molecule has 2 nitrogen and oxygen atoms in total. The number of fused-ring (bicyclic) bond motifs is 1. The Hall–Kier alpha value is -0.0800. The molecule has 2 N–H and O–H groups in total. The second-order valence-electron chi connectivity index (χ2n) is 3.93. The first-order chi connectivity index (χ1) is 4.70. The van der Waals surface area contributed by atoms with E-state index in [1.807, 2.05) is 0 Å². The zero-order valence-corrected chi connectivity index (χ0v) is 6.25. The zero-order valence-electron chi connectivity index (χ0n) is 6.25. The largest absolute Gasteiger partial charge is 0.396 e. The predicted molar refractivity (Wildman–Crippen MR) is 37.4 cm³/mol. The molecule has 0 radical (unpaired) electrons. The summed E-state index contributed by atoms with van der Waals surface area (Å²) >= 11 is 0. The van der Waals surface area contributed by atoms with E-state index in [0.29, 0.717) is 11.8 Å². The molecule has 2 fully saturated rings. The fraction of sp³-hybridized carbons (Fsp3) is 1.00. The summed E-state index contributed by atoms with van der Waals surface area (Å²) in [5.74, 6) is 1.25. The molecule has 2 aliphatic rings. The van der Waals surface area contributed by atoms with Gasteiger partial charge < -0.3 is 10.2 Å². The quantitative estimate of drug-likeness (QED) is 0.556. The normalized spacial score (nSPS) is 58.5. The van der Waals surface area contributed by atoms with Crippen LogP contribution in [0.3, 0.4) is 0 Å². The van der Waals surface area contributed by atoms with Gasteiger partial charge in [0.05, 0.1) is 12.7 Å². The Balaban J connectivity index is 2.16. The third-order valence-corrected chi connectivity index (χ3v) is 3.42. The Labute approximate surface area is 60.9 Å². The van der Waals surface area contributed by atoms with E-state index in [2.05, 4.69) is 6.92 Å². The van der Waals surface area contributed by atoms with Crippen molar-refractivity contribution >= 4 is 0 Å². The monoisotopic (exact) mass is 142 g/mol. The minimum Gasteiger partial charge on any atom is -0.396 e. The number of hydrogen-bond donors (Lipinski definition) is 2. The van der Waals surface area contributed by atoms with Crippen molar-refractivity contribution in [2.45, 2.75) is 25.9 Å². The van der Waals surface area contributed by atoms with Gasteiger partial charge in [0, 0.05) is 5.41 Å². The van der Waals surface area contributed by atoms with Crippen LogP contribution in [0.5, 0.6) is 0 Å². The zero-order chi connectivity index (χ0) is 7.35. The van der Waals surface area contributed by atoms with Gasteiger partial charge in [-0.15, -0.1) is 0 Å². The highest BCUT2D eigenvalue weighted by Crippen LogP contribution is 2.65. The van der Waals surface area contributed by atoms with E-state index in [-0.39, 0.29) is 18.1 Å². The Morgan fingerprint density at radius 3 is 2.50 bits per heavy atom. The lowest BCUT2D eigenvalue weighted by Gasteiger charge is -2.13. The molecule has 2 aliphatic carbocycles. The summed E-state index contributed by atoms with van der Waals surface area (Å²) in [6.07, 6.45) is 1.72. The summed E-state index contributed by atoms with van der Waals surface area (Å²) in [5, 5.41) is 18.5. The van der Waals surface area contributed by atoms with Crippen LogP contribution in [0.2, 0.25) is 0 Å². The maximum absolute atomic E-state index is 9.50. The van der Waals surface area contributed by atoms with E-state index in [1.54, 1.807) is 0 Å². The van der Waals surface area contributed by atoms with Crippen LogP contribution in [-0.2, 0) is 0 Å². The van der Waals surface area contributed by atoms with E-state index in [1.165, 1.54) is 0 Å². The number of rotatable bonds is 1. The molecule has 0 aliphatic heterocycles. The molecule has 0 spiro atoms. The summed E-state index contributed by atoms with van der Waals surface area (Å²) in [6.45, 7) is 2.35. The van der Waals surface area contributed by atoms with Gasteiger partial charge in [-0.25, -0.2) is 0 Å². The Morgan fingerprint density at radius 2 is 2.30 bits per heavy atom. The minimum absolute atomic E-state index is 0.0561. The maximum atomic E-state index is 9.50. The van der Waals surface area contributed by atoms with Gasteiger partial charge in [-0.1, -0.05) is 6.92 Å². The van der Waals surface area contributed by atoms with Gasteiger partial charge in [0.25, 0.3) is 0 Å². The molecule has 0 bridgehead atoms. The minimum atomic E-state index is -0.225. The molecule has 0 aromatic heterocycles. The van der Waals surface area contributed by atoms with E-state index >= 15 is 0 Å². The Morgan fingerprint density at radius 1 is 1.60 bits per heavy atom. The lowest BCUT2D eigenvalue weighted by molar-refractivity contribution is 0.0601. The van der Waals surface area contributed by atoms with Gasteiger partial charge in [-0.2, -0.15) is 0 Å². The molecule has 0 amide bonds. The summed E-state index contributed by atoms with van der Waals surface area (Å²) in [6, 6.07) is 0. The molecule has 2 rings (SSSR count). The number of aliphatic hydroxyl groups excluding tert-OH is 2. The topological polar surface area (TPSA) is 40.5 Å². The molecule has 58 valence electrons. The van der Waals surface area contributed by atoms with Crippen LogP contribution in [0.4, 0.5) is 0 Å². The van der Waals surface area contributed by atoms with Crippen molar-refractivity contribution in [2.24, 2.45) is 17.3 Å². The molecule has 2 heteroatoms. The van der Waals surface area contributed by atoms with Crippen LogP contribution in [0.1, 0.15) is 19.8 Å². The van der Waals surface area contributed by atoms with Crippen LogP contribution < -0.4 is 0 Å². The number of aliphatic hydroxyl groups is 2. The summed E-state index contributed by atoms with van der Waals surface area (Å²) < 4.78 is 0. The molecule has 10 heavy (non-hydrogen) atoms. The van der Waals surface area contributed by atoms with Crippen molar-refractivity contribution in [1.29, 1.82) is 0 Å². The lowest BCUT2D eigenvalue weighted by atomic mass is 10.0. The highest BCUT2D eigenvalue weighted by molar-refractivity contribution is 5.13. The molecule has 0 aromatic rings. The molecule has 0 aromatic carbocycles. The van der Waals surface area contributed by atoms with Crippen molar-refractivity contribution < 1.29 is 10.2 Å². The van der Waals surface area contributed by atoms with E-state index < -0.39 is 0 Å². The van der Waals surface area contributed by atoms with Crippen LogP contribution in [0.25, 0.3) is 0 Å². The highest BCUT2D eigenvalue weighted by Gasteiger charge is 2.65. The van der Waals surface area contributed by atoms with E-state index in [0.717, 1.165) is 12.8 Å². The van der Waals surface area contributed by atoms with Crippen molar-refractivity contribution in [3.05, 3.63) is 0 Å². The Bertz CT molecular complexity index is 153. The SMILES string of the molecule is C[C@H]1C[C@@H](O)[C@@]2(CO)C[C@H]12. The molecular formula is C8H14O2. The van der Waals surface area contributed by atoms with Gasteiger partial charge in [-0.3, -0.25) is 0 Å².